The van der Waals surface area contributed by atoms with Crippen LogP contribution in [0.1, 0.15) is 47.4 Å². The fourth-order valence-corrected chi connectivity index (χ4v) is 2.82. The highest BCUT2D eigenvalue weighted by Gasteiger charge is 2.25. The quantitative estimate of drug-likeness (QED) is 0.515. The first-order chi connectivity index (χ1) is 16.3. The van der Waals surface area contributed by atoms with E-state index in [1.807, 2.05) is 20.8 Å². The molecule has 0 fully saturated rings. The number of nitrogens with one attached hydrogen (secondary N) is 1. The Kier molecular flexibility index (Phi) is 7.33. The van der Waals surface area contributed by atoms with Crippen LogP contribution in [0.3, 0.4) is 0 Å². The number of hydrogen-bond acceptors (Lipinski definition) is 8. The lowest BCUT2D eigenvalue weighted by atomic mass is 9.95. The number of nitrogens with zero attached hydrogens (tertiary/aromatic N) is 5. The summed E-state index contributed by atoms with van der Waals surface area (Å²) in [6.07, 6.45) is -0.553. The topological polar surface area (TPSA) is 136 Å². The number of carbonyl (C=O) groups excluding carboxylic acids is 2. The van der Waals surface area contributed by atoms with Gasteiger partial charge in [0.2, 0.25) is 11.7 Å². The summed E-state index contributed by atoms with van der Waals surface area (Å²) in [5.74, 6) is 0.481. The summed E-state index contributed by atoms with van der Waals surface area (Å²) in [6, 6.07) is 13.9. The Hall–Kier alpha value is -4.08. The molecular weight excluding hydrogens is 446 g/mol. The Morgan fingerprint density at radius 1 is 0.886 bits per heavy atom. The summed E-state index contributed by atoms with van der Waals surface area (Å²) in [5, 5.41) is 19.5. The minimum Gasteiger partial charge on any atom is -0.443 e. The third kappa shape index (κ3) is 7.20. The van der Waals surface area contributed by atoms with E-state index in [2.05, 4.69) is 25.7 Å². The lowest BCUT2D eigenvalue weighted by Crippen LogP contribution is -2.37. The van der Waals surface area contributed by atoms with Gasteiger partial charge in [-0.05, 0) is 69.3 Å². The summed E-state index contributed by atoms with van der Waals surface area (Å²) in [7, 11) is 0. The molecular formula is C25H31N7O3. The zero-order valence-corrected chi connectivity index (χ0v) is 20.9. The highest BCUT2D eigenvalue weighted by molar-refractivity contribution is 5.94. The average molecular weight is 478 g/mol. The first-order valence-electron chi connectivity index (χ1n) is 11.2. The molecule has 0 spiro atoms. The van der Waals surface area contributed by atoms with Crippen LogP contribution in [0.4, 0.5) is 21.9 Å². The zero-order chi connectivity index (χ0) is 25.8. The molecule has 0 aliphatic carbocycles. The Bertz CT molecular complexity index is 1160. The highest BCUT2D eigenvalue weighted by atomic mass is 16.6. The van der Waals surface area contributed by atoms with E-state index in [1.165, 1.54) is 4.90 Å². The second-order valence-corrected chi connectivity index (χ2v) is 10.1. The molecule has 3 aromatic rings. The van der Waals surface area contributed by atoms with Crippen molar-refractivity contribution < 1.29 is 14.3 Å². The van der Waals surface area contributed by atoms with Gasteiger partial charge in [0.1, 0.15) is 5.60 Å². The molecule has 1 aromatic heterocycles. The minimum atomic E-state index is -0.678. The van der Waals surface area contributed by atoms with Gasteiger partial charge in [0.15, 0.2) is 5.82 Å². The molecule has 3 N–H and O–H groups in total. The van der Waals surface area contributed by atoms with Crippen LogP contribution in [0.15, 0.2) is 48.5 Å². The van der Waals surface area contributed by atoms with Crippen LogP contribution in [0.5, 0.6) is 0 Å². The SMILES string of the molecule is CC(C)(C)OC(=O)N(Cc1nnc(-c2ccc(NC(=O)C(C)(C)C)cc2)nn1)c1ccc(N)cc1. The summed E-state index contributed by atoms with van der Waals surface area (Å²) < 4.78 is 5.54. The lowest BCUT2D eigenvalue weighted by Gasteiger charge is -2.27. The standard InChI is InChI=1S/C25H31N7O3/c1-24(2,3)22(33)27-18-11-7-16(8-12-18)21-30-28-20(29-31-21)15-32(23(34)35-25(4,5)6)19-13-9-17(26)10-14-19/h7-14H,15,26H2,1-6H3,(H,27,33). The molecule has 3 rings (SSSR count). The van der Waals surface area contributed by atoms with Crippen LogP contribution in [0.2, 0.25) is 0 Å². The molecule has 0 aliphatic rings. The molecule has 2 aromatic carbocycles. The number of carbonyl (C=O) groups is 2. The van der Waals surface area contributed by atoms with Crippen molar-refractivity contribution in [2.75, 3.05) is 16.0 Å². The van der Waals surface area contributed by atoms with Crippen LogP contribution in [-0.2, 0) is 16.1 Å². The van der Waals surface area contributed by atoms with Crippen LogP contribution in [-0.4, -0.2) is 38.0 Å². The van der Waals surface area contributed by atoms with Crippen molar-refractivity contribution >= 4 is 29.1 Å². The van der Waals surface area contributed by atoms with Crippen molar-refractivity contribution in [3.63, 3.8) is 0 Å². The Labute approximate surface area is 204 Å². The number of rotatable bonds is 5. The molecule has 0 radical (unpaired) electrons. The van der Waals surface area contributed by atoms with Gasteiger partial charge in [0, 0.05) is 28.0 Å². The summed E-state index contributed by atoms with van der Waals surface area (Å²) in [6.45, 7) is 10.9. The van der Waals surface area contributed by atoms with Gasteiger partial charge in [-0.15, -0.1) is 20.4 Å². The first-order valence-corrected chi connectivity index (χ1v) is 11.2. The summed E-state index contributed by atoms with van der Waals surface area (Å²) in [4.78, 5) is 26.4. The van der Waals surface area contributed by atoms with Gasteiger partial charge < -0.3 is 15.8 Å². The molecule has 10 nitrogen and oxygen atoms in total. The van der Waals surface area contributed by atoms with Crippen molar-refractivity contribution in [3.05, 3.63) is 54.4 Å². The second kappa shape index (κ2) is 10.0. The molecule has 35 heavy (non-hydrogen) atoms. The van der Waals surface area contributed by atoms with E-state index in [0.717, 1.165) is 0 Å². The maximum Gasteiger partial charge on any atom is 0.415 e. The normalized spacial score (nSPS) is 11.6. The molecule has 0 aliphatic heterocycles. The number of hydrogen-bond donors (Lipinski definition) is 2. The van der Waals surface area contributed by atoms with Gasteiger partial charge in [0.05, 0.1) is 6.54 Å². The Morgan fingerprint density at radius 3 is 1.97 bits per heavy atom. The van der Waals surface area contributed by atoms with Gasteiger partial charge in [-0.3, -0.25) is 9.69 Å². The van der Waals surface area contributed by atoms with Gasteiger partial charge in [-0.2, -0.15) is 0 Å². The summed E-state index contributed by atoms with van der Waals surface area (Å²) in [5.41, 5.74) is 7.12. The van der Waals surface area contributed by atoms with E-state index in [9.17, 15) is 9.59 Å². The van der Waals surface area contributed by atoms with Gasteiger partial charge in [-0.25, -0.2) is 4.79 Å². The van der Waals surface area contributed by atoms with E-state index in [1.54, 1.807) is 69.3 Å². The molecule has 0 saturated carbocycles. The molecule has 184 valence electrons. The third-order valence-corrected chi connectivity index (χ3v) is 4.72. The van der Waals surface area contributed by atoms with Crippen molar-refractivity contribution in [2.45, 2.75) is 53.7 Å². The number of amides is 2. The maximum absolute atomic E-state index is 12.9. The van der Waals surface area contributed by atoms with Crippen LogP contribution < -0.4 is 16.0 Å². The van der Waals surface area contributed by atoms with Crippen molar-refractivity contribution in [1.29, 1.82) is 0 Å². The monoisotopic (exact) mass is 477 g/mol. The molecule has 0 unspecified atom stereocenters. The maximum atomic E-state index is 12.9. The molecule has 1 heterocycles. The van der Waals surface area contributed by atoms with E-state index in [-0.39, 0.29) is 18.3 Å². The Balaban J connectivity index is 1.76. The molecule has 0 saturated heterocycles. The van der Waals surface area contributed by atoms with Crippen molar-refractivity contribution in [2.24, 2.45) is 5.41 Å². The van der Waals surface area contributed by atoms with Crippen molar-refractivity contribution in [3.8, 4) is 11.4 Å². The predicted octanol–water partition coefficient (Wildman–Crippen LogP) is 4.44. The van der Waals surface area contributed by atoms with Gasteiger partial charge >= 0.3 is 6.09 Å². The number of nitrogens with two attached hydrogens (primary N) is 1. The minimum absolute atomic E-state index is 0.0108. The molecule has 0 atom stereocenters. The predicted molar refractivity (Wildman–Crippen MR) is 134 cm³/mol. The summed E-state index contributed by atoms with van der Waals surface area (Å²) >= 11 is 0. The lowest BCUT2D eigenvalue weighted by molar-refractivity contribution is -0.123. The third-order valence-electron chi connectivity index (χ3n) is 4.72. The number of ether oxygens (including phenoxy) is 1. The molecule has 2 amide bonds. The number of benzene rings is 2. The first kappa shape index (κ1) is 25.5. The number of aromatic nitrogens is 4. The van der Waals surface area contributed by atoms with E-state index in [0.29, 0.717) is 28.5 Å². The number of nitrogen functional groups attached to an aromatic ring is 1. The number of anilines is 3. The average Bonchev–Trinajstić information content (AvgIpc) is 2.77. The van der Waals surface area contributed by atoms with E-state index < -0.39 is 17.1 Å². The fourth-order valence-electron chi connectivity index (χ4n) is 2.82. The fraction of sp³-hybridized carbons (Fsp3) is 0.360. The van der Waals surface area contributed by atoms with Crippen LogP contribution in [0.25, 0.3) is 11.4 Å². The second-order valence-electron chi connectivity index (χ2n) is 10.1. The smallest absolute Gasteiger partial charge is 0.415 e. The van der Waals surface area contributed by atoms with E-state index in [4.69, 9.17) is 10.5 Å². The Morgan fingerprint density at radius 2 is 1.46 bits per heavy atom. The van der Waals surface area contributed by atoms with Crippen LogP contribution in [0, 0.1) is 5.41 Å². The van der Waals surface area contributed by atoms with Gasteiger partial charge in [-0.1, -0.05) is 20.8 Å². The zero-order valence-electron chi connectivity index (χ0n) is 20.9. The van der Waals surface area contributed by atoms with Gasteiger partial charge in [0.25, 0.3) is 0 Å². The molecule has 10 heteroatoms. The van der Waals surface area contributed by atoms with Crippen molar-refractivity contribution in [1.82, 2.24) is 20.4 Å². The van der Waals surface area contributed by atoms with Crippen LogP contribution >= 0.6 is 0 Å². The van der Waals surface area contributed by atoms with E-state index >= 15 is 0 Å². The highest BCUT2D eigenvalue weighted by Crippen LogP contribution is 2.23. The largest absolute Gasteiger partial charge is 0.443 e. The molecule has 0 bridgehead atoms.